The minimum Gasteiger partial charge on any atom is -0.350 e. The van der Waals surface area contributed by atoms with Crippen molar-refractivity contribution in [3.05, 3.63) is 106 Å². The molecule has 0 heterocycles. The van der Waals surface area contributed by atoms with Gasteiger partial charge < -0.3 is 10.2 Å². The van der Waals surface area contributed by atoms with Gasteiger partial charge in [-0.05, 0) is 68.0 Å². The van der Waals surface area contributed by atoms with Crippen LogP contribution in [-0.4, -0.2) is 28.3 Å². The van der Waals surface area contributed by atoms with Gasteiger partial charge in [0.05, 0.1) is 0 Å². The van der Waals surface area contributed by atoms with Crippen LogP contribution in [0, 0.1) is 0 Å². The van der Waals surface area contributed by atoms with E-state index in [2.05, 4.69) is 52.4 Å². The Labute approximate surface area is 224 Å². The molecule has 4 nitrogen and oxygen atoms in total. The van der Waals surface area contributed by atoms with Gasteiger partial charge in [0.25, 0.3) is 0 Å². The summed E-state index contributed by atoms with van der Waals surface area (Å²) in [4.78, 5) is 29.1. The largest absolute Gasteiger partial charge is 0.350 e. The molecule has 0 fully saturated rings. The van der Waals surface area contributed by atoms with Crippen molar-refractivity contribution in [1.29, 1.82) is 0 Å². The highest BCUT2D eigenvalue weighted by atomic mass is 79.9. The Morgan fingerprint density at radius 2 is 1.50 bits per heavy atom. The van der Waals surface area contributed by atoms with Crippen molar-refractivity contribution in [2.75, 3.05) is 0 Å². The molecule has 1 atom stereocenters. The number of nitrogens with one attached hydrogen (secondary N) is 1. The average molecular weight is 550 g/mol. The summed E-state index contributed by atoms with van der Waals surface area (Å²) in [6.07, 6.45) is 2.42. The third-order valence-corrected chi connectivity index (χ3v) is 6.56. The summed E-state index contributed by atoms with van der Waals surface area (Å²) in [6, 6.07) is 25.6. The summed E-state index contributed by atoms with van der Waals surface area (Å²) in [5.41, 5.74) is 4.00. The lowest BCUT2D eigenvalue weighted by atomic mass is 9.99. The Morgan fingerprint density at radius 1 is 0.861 bits per heavy atom. The van der Waals surface area contributed by atoms with E-state index in [1.54, 1.807) is 4.90 Å². The van der Waals surface area contributed by atoms with Crippen LogP contribution in [-0.2, 0) is 35.4 Å². The van der Waals surface area contributed by atoms with Crippen LogP contribution < -0.4 is 5.32 Å². The normalized spacial score (nSPS) is 12.1. The highest BCUT2D eigenvalue weighted by Crippen LogP contribution is 2.20. The number of hydrogen-bond donors (Lipinski definition) is 1. The zero-order valence-electron chi connectivity index (χ0n) is 21.8. The Hall–Kier alpha value is -2.92. The first-order chi connectivity index (χ1) is 17.1. The molecule has 0 aromatic heterocycles. The second-order valence-corrected chi connectivity index (χ2v) is 11.2. The Bertz CT molecular complexity index is 1140. The third-order valence-electron chi connectivity index (χ3n) is 6.07. The van der Waals surface area contributed by atoms with Gasteiger partial charge in [-0.15, -0.1) is 0 Å². The van der Waals surface area contributed by atoms with Crippen LogP contribution >= 0.6 is 15.9 Å². The fraction of sp³-hybridized carbons (Fsp3) is 0.355. The van der Waals surface area contributed by atoms with Crippen LogP contribution in [0.25, 0.3) is 0 Å². The summed E-state index contributed by atoms with van der Waals surface area (Å²) >= 11 is 3.54. The molecule has 0 spiro atoms. The van der Waals surface area contributed by atoms with Crippen LogP contribution in [0.5, 0.6) is 0 Å². The highest BCUT2D eigenvalue weighted by Gasteiger charge is 2.32. The molecule has 3 aromatic carbocycles. The first-order valence-corrected chi connectivity index (χ1v) is 13.4. The Kier molecular flexibility index (Phi) is 9.89. The second-order valence-electron chi connectivity index (χ2n) is 10.3. The topological polar surface area (TPSA) is 49.4 Å². The number of rotatable bonds is 10. The van der Waals surface area contributed by atoms with Crippen molar-refractivity contribution in [2.45, 2.75) is 71.5 Å². The molecule has 36 heavy (non-hydrogen) atoms. The number of nitrogens with zero attached hydrogens (tertiary/aromatic N) is 1. The van der Waals surface area contributed by atoms with Crippen LogP contribution in [0.4, 0.5) is 0 Å². The van der Waals surface area contributed by atoms with Crippen molar-refractivity contribution in [3.8, 4) is 0 Å². The molecule has 1 unspecified atom stereocenters. The van der Waals surface area contributed by atoms with Crippen molar-refractivity contribution in [1.82, 2.24) is 10.2 Å². The molecule has 3 rings (SSSR count). The molecule has 0 aliphatic carbocycles. The van der Waals surface area contributed by atoms with E-state index in [0.29, 0.717) is 25.8 Å². The number of amides is 2. The minimum absolute atomic E-state index is 0.0282. The quantitative estimate of drug-likeness (QED) is 0.314. The molecule has 2 amide bonds. The van der Waals surface area contributed by atoms with Gasteiger partial charge in [0.2, 0.25) is 11.8 Å². The van der Waals surface area contributed by atoms with Crippen LogP contribution in [0.15, 0.2) is 83.3 Å². The summed E-state index contributed by atoms with van der Waals surface area (Å²) < 4.78 is 0.946. The minimum atomic E-state index is -0.624. The predicted molar refractivity (Wildman–Crippen MR) is 151 cm³/mol. The van der Waals surface area contributed by atoms with E-state index in [-0.39, 0.29) is 11.8 Å². The van der Waals surface area contributed by atoms with Gasteiger partial charge in [0.1, 0.15) is 6.04 Å². The van der Waals surface area contributed by atoms with Crippen LogP contribution in [0.3, 0.4) is 0 Å². The Morgan fingerprint density at radius 3 is 2.11 bits per heavy atom. The van der Waals surface area contributed by atoms with Crippen LogP contribution in [0.1, 0.15) is 56.4 Å². The second kappa shape index (κ2) is 12.9. The van der Waals surface area contributed by atoms with E-state index >= 15 is 0 Å². The number of halogens is 1. The van der Waals surface area contributed by atoms with Crippen molar-refractivity contribution in [3.63, 3.8) is 0 Å². The van der Waals surface area contributed by atoms with Gasteiger partial charge in [0, 0.05) is 29.4 Å². The third kappa shape index (κ3) is 8.63. The van der Waals surface area contributed by atoms with Crippen LogP contribution in [0.2, 0.25) is 0 Å². The smallest absolute Gasteiger partial charge is 0.243 e. The van der Waals surface area contributed by atoms with Crippen molar-refractivity contribution in [2.24, 2.45) is 0 Å². The fourth-order valence-corrected chi connectivity index (χ4v) is 4.62. The summed E-state index contributed by atoms with van der Waals surface area (Å²) in [5, 5.41) is 3.12. The standard InChI is InChI=1S/C31H37BrN2O2/c1-5-23-14-16-24(17-15-23)18-19-29(35)34(22-26-12-9-13-27(32)20-26)28(30(36)33-31(2,3)4)21-25-10-7-6-8-11-25/h6-17,20,28H,5,18-19,21-22H2,1-4H3,(H,33,36). The highest BCUT2D eigenvalue weighted by molar-refractivity contribution is 9.10. The molecule has 0 bridgehead atoms. The fourth-order valence-electron chi connectivity index (χ4n) is 4.18. The first kappa shape index (κ1) is 27.7. The van der Waals surface area contributed by atoms with E-state index < -0.39 is 11.6 Å². The molecular weight excluding hydrogens is 512 g/mol. The zero-order chi connectivity index (χ0) is 26.1. The van der Waals surface area contributed by atoms with E-state index in [9.17, 15) is 9.59 Å². The van der Waals surface area contributed by atoms with E-state index in [1.165, 1.54) is 5.56 Å². The number of carbonyl (C=O) groups is 2. The lowest BCUT2D eigenvalue weighted by Gasteiger charge is -2.34. The van der Waals surface area contributed by atoms with Gasteiger partial charge in [-0.1, -0.05) is 89.6 Å². The molecule has 3 aromatic rings. The van der Waals surface area contributed by atoms with E-state index in [4.69, 9.17) is 0 Å². The molecule has 0 saturated carbocycles. The lowest BCUT2D eigenvalue weighted by molar-refractivity contribution is -0.141. The maximum Gasteiger partial charge on any atom is 0.243 e. The van der Waals surface area contributed by atoms with Gasteiger partial charge in [-0.3, -0.25) is 9.59 Å². The number of benzene rings is 3. The van der Waals surface area contributed by atoms with Crippen molar-refractivity contribution >= 4 is 27.7 Å². The summed E-state index contributed by atoms with van der Waals surface area (Å²) in [7, 11) is 0. The van der Waals surface area contributed by atoms with Gasteiger partial charge >= 0.3 is 0 Å². The number of aryl methyl sites for hydroxylation is 2. The molecule has 0 aliphatic heterocycles. The molecule has 5 heteroatoms. The maximum absolute atomic E-state index is 13.8. The zero-order valence-corrected chi connectivity index (χ0v) is 23.3. The van der Waals surface area contributed by atoms with Gasteiger partial charge in [-0.2, -0.15) is 0 Å². The first-order valence-electron chi connectivity index (χ1n) is 12.6. The summed E-state index contributed by atoms with van der Waals surface area (Å²) in [5.74, 6) is -0.165. The average Bonchev–Trinajstić information content (AvgIpc) is 2.84. The predicted octanol–water partition coefficient (Wildman–Crippen LogP) is 6.50. The Balaban J connectivity index is 1.91. The molecule has 0 saturated heterocycles. The number of hydrogen-bond acceptors (Lipinski definition) is 2. The monoisotopic (exact) mass is 548 g/mol. The number of carbonyl (C=O) groups excluding carboxylic acids is 2. The maximum atomic E-state index is 13.8. The molecule has 190 valence electrons. The van der Waals surface area contributed by atoms with Gasteiger partial charge in [0.15, 0.2) is 0 Å². The SMILES string of the molecule is CCc1ccc(CCC(=O)N(Cc2cccc(Br)c2)C(Cc2ccccc2)C(=O)NC(C)(C)C)cc1. The van der Waals surface area contributed by atoms with E-state index in [0.717, 1.165) is 27.6 Å². The molecular formula is C31H37BrN2O2. The van der Waals surface area contributed by atoms with Crippen molar-refractivity contribution < 1.29 is 9.59 Å². The van der Waals surface area contributed by atoms with E-state index in [1.807, 2.05) is 75.4 Å². The van der Waals surface area contributed by atoms with Gasteiger partial charge in [-0.25, -0.2) is 0 Å². The molecule has 1 N–H and O–H groups in total. The molecule has 0 aliphatic rings. The lowest BCUT2D eigenvalue weighted by Crippen LogP contribution is -2.54. The summed E-state index contributed by atoms with van der Waals surface area (Å²) in [6.45, 7) is 8.39. The molecule has 0 radical (unpaired) electrons.